The van der Waals surface area contributed by atoms with Crippen molar-refractivity contribution >= 4 is 33.8 Å². The van der Waals surface area contributed by atoms with Crippen LogP contribution in [0.15, 0.2) is 0 Å². The Balaban J connectivity index is 2.07. The van der Waals surface area contributed by atoms with Crippen LogP contribution in [-0.2, 0) is 19.1 Å². The van der Waals surface area contributed by atoms with Gasteiger partial charge in [0.2, 0.25) is 5.91 Å². The number of rotatable bonds is 1. The molecule has 0 aromatic carbocycles. The molecule has 21 heavy (non-hydrogen) atoms. The Morgan fingerprint density at radius 3 is 2.71 bits per heavy atom. The summed E-state index contributed by atoms with van der Waals surface area (Å²) in [4.78, 5) is 38.6. The van der Waals surface area contributed by atoms with E-state index in [1.165, 1.54) is 0 Å². The number of carboxylic acid groups (broad SMARTS) is 1. The van der Waals surface area contributed by atoms with Crippen molar-refractivity contribution in [3.05, 3.63) is 0 Å². The van der Waals surface area contributed by atoms with Gasteiger partial charge in [-0.2, -0.15) is 0 Å². The lowest BCUT2D eigenvalue weighted by molar-refractivity contribution is -0.197. The first-order chi connectivity index (χ1) is 9.72. The van der Waals surface area contributed by atoms with Gasteiger partial charge in [0.25, 0.3) is 0 Å². The van der Waals surface area contributed by atoms with Crippen LogP contribution >= 0.6 is 15.9 Å². The van der Waals surface area contributed by atoms with Gasteiger partial charge in [0.05, 0.1) is 27.6 Å². The Kier molecular flexibility index (Phi) is 2.22. The first kappa shape index (κ1) is 13.5. The zero-order valence-electron chi connectivity index (χ0n) is 11.8. The molecular formula is C14H16BrNO5. The fourth-order valence-electron chi connectivity index (χ4n) is 5.66. The van der Waals surface area contributed by atoms with E-state index in [1.54, 1.807) is 18.9 Å². The molecule has 5 fully saturated rings. The maximum Gasteiger partial charge on any atom is 0.311 e. The predicted octanol–water partition coefficient (Wildman–Crippen LogP) is 0.777. The fourth-order valence-corrected chi connectivity index (χ4v) is 6.98. The number of esters is 1. The number of amides is 1. The Hall–Kier alpha value is -1.11. The minimum Gasteiger partial charge on any atom is -0.481 e. The zero-order chi connectivity index (χ0) is 15.4. The summed E-state index contributed by atoms with van der Waals surface area (Å²) >= 11 is 3.75. The Bertz CT molecular complexity index is 608. The third-order valence-electron chi connectivity index (χ3n) is 6.42. The van der Waals surface area contributed by atoms with E-state index in [4.69, 9.17) is 4.74 Å². The van der Waals surface area contributed by atoms with Crippen LogP contribution in [0.3, 0.4) is 0 Å². The maximum atomic E-state index is 12.7. The average Bonchev–Trinajstić information content (AvgIpc) is 2.86. The highest BCUT2D eigenvalue weighted by atomic mass is 79.9. The lowest BCUT2D eigenvalue weighted by Crippen LogP contribution is -2.83. The topological polar surface area (TPSA) is 83.9 Å². The second-order valence-electron chi connectivity index (χ2n) is 6.82. The van der Waals surface area contributed by atoms with Crippen LogP contribution in [0, 0.1) is 17.8 Å². The van der Waals surface area contributed by atoms with Crippen LogP contribution in [0.5, 0.6) is 0 Å². The Morgan fingerprint density at radius 1 is 1.43 bits per heavy atom. The largest absolute Gasteiger partial charge is 0.481 e. The van der Waals surface area contributed by atoms with Gasteiger partial charge in [-0.25, -0.2) is 0 Å². The third-order valence-corrected chi connectivity index (χ3v) is 8.29. The van der Waals surface area contributed by atoms with E-state index >= 15 is 0 Å². The number of aliphatic carboxylic acids is 1. The Morgan fingerprint density at radius 2 is 2.10 bits per heavy atom. The van der Waals surface area contributed by atoms with Crippen LogP contribution in [-0.4, -0.2) is 50.4 Å². The zero-order valence-corrected chi connectivity index (χ0v) is 13.3. The van der Waals surface area contributed by atoms with E-state index in [9.17, 15) is 19.5 Å². The van der Waals surface area contributed by atoms with Crippen LogP contribution in [0.1, 0.15) is 26.2 Å². The summed E-state index contributed by atoms with van der Waals surface area (Å²) in [5, 5.41) is 9.78. The Labute approximate surface area is 129 Å². The van der Waals surface area contributed by atoms with E-state index in [-0.39, 0.29) is 5.91 Å². The smallest absolute Gasteiger partial charge is 0.311 e. The maximum absolute atomic E-state index is 12.7. The van der Waals surface area contributed by atoms with Crippen LogP contribution in [0.4, 0.5) is 0 Å². The lowest BCUT2D eigenvalue weighted by atomic mass is 9.50. The number of nitrogens with zero attached hydrogens (tertiary/aromatic N) is 1. The van der Waals surface area contributed by atoms with E-state index in [0.717, 1.165) is 6.42 Å². The number of carboxylic acids is 1. The molecule has 4 bridgehead atoms. The molecule has 2 aliphatic carbocycles. The number of hydrogen-bond donors (Lipinski definition) is 1. The lowest BCUT2D eigenvalue weighted by Gasteiger charge is -2.65. The number of halogens is 1. The summed E-state index contributed by atoms with van der Waals surface area (Å²) < 4.78 is 4.93. The fraction of sp³-hybridized carbons (Fsp3) is 0.786. The molecule has 1 amide bonds. The predicted molar refractivity (Wildman–Crippen MR) is 73.6 cm³/mol. The number of fused-ring (bicyclic) bond motifs is 1. The van der Waals surface area contributed by atoms with Gasteiger partial charge < -0.3 is 14.7 Å². The monoisotopic (exact) mass is 357 g/mol. The van der Waals surface area contributed by atoms with Crippen LogP contribution < -0.4 is 0 Å². The average molecular weight is 358 g/mol. The number of hydrogen-bond acceptors (Lipinski definition) is 4. The van der Waals surface area contributed by atoms with Crippen LogP contribution in [0.2, 0.25) is 0 Å². The van der Waals surface area contributed by atoms with Crippen molar-refractivity contribution in [2.45, 2.75) is 41.7 Å². The number of ether oxygens (including phenoxy) is 1. The van der Waals surface area contributed by atoms with Gasteiger partial charge >= 0.3 is 11.9 Å². The SMILES string of the molecule is CN1C(=O)C2C3C(=O)OC2(C)C2(Br)CCCC12C3C(=O)O. The molecule has 6 atom stereocenters. The molecule has 6 unspecified atom stereocenters. The first-order valence-electron chi connectivity index (χ1n) is 7.14. The highest BCUT2D eigenvalue weighted by Crippen LogP contribution is 2.72. The highest BCUT2D eigenvalue weighted by Gasteiger charge is 2.86. The molecule has 1 spiro atoms. The van der Waals surface area contributed by atoms with Crippen molar-refractivity contribution in [1.82, 2.24) is 4.90 Å². The van der Waals surface area contributed by atoms with Gasteiger partial charge in [-0.1, -0.05) is 15.9 Å². The summed E-state index contributed by atoms with van der Waals surface area (Å²) in [5.41, 5.74) is -1.85. The van der Waals surface area contributed by atoms with Crippen molar-refractivity contribution < 1.29 is 24.2 Å². The van der Waals surface area contributed by atoms with E-state index in [2.05, 4.69) is 15.9 Å². The van der Waals surface area contributed by atoms with Crippen LogP contribution in [0.25, 0.3) is 0 Å². The van der Waals surface area contributed by atoms with E-state index in [0.29, 0.717) is 12.8 Å². The number of alkyl halides is 1. The molecule has 114 valence electrons. The minimum atomic E-state index is -1.02. The summed E-state index contributed by atoms with van der Waals surface area (Å²) in [5.74, 6) is -4.20. The molecule has 0 aromatic heterocycles. The molecule has 0 radical (unpaired) electrons. The van der Waals surface area contributed by atoms with Gasteiger partial charge in [0, 0.05) is 7.05 Å². The molecule has 3 saturated heterocycles. The van der Waals surface area contributed by atoms with Gasteiger partial charge in [-0.3, -0.25) is 14.4 Å². The van der Waals surface area contributed by atoms with Gasteiger partial charge in [-0.05, 0) is 26.2 Å². The number of carbonyl (C=O) groups is 3. The molecule has 0 aromatic rings. The molecular weight excluding hydrogens is 342 g/mol. The molecule has 1 N–H and O–H groups in total. The first-order valence-corrected chi connectivity index (χ1v) is 7.94. The normalized spacial score (nSPS) is 53.9. The summed E-state index contributed by atoms with van der Waals surface area (Å²) in [6.07, 6.45) is 2.08. The molecule has 7 heteroatoms. The molecule has 3 aliphatic heterocycles. The van der Waals surface area contributed by atoms with Gasteiger partial charge in [-0.15, -0.1) is 0 Å². The minimum absolute atomic E-state index is 0.164. The highest BCUT2D eigenvalue weighted by molar-refractivity contribution is 9.10. The van der Waals surface area contributed by atoms with Crippen molar-refractivity contribution in [2.75, 3.05) is 7.05 Å². The van der Waals surface area contributed by atoms with E-state index in [1.807, 2.05) is 0 Å². The van der Waals surface area contributed by atoms with Crippen molar-refractivity contribution in [3.63, 3.8) is 0 Å². The quantitative estimate of drug-likeness (QED) is 0.553. The number of piperidine rings is 2. The number of carbonyl (C=O) groups excluding carboxylic acids is 2. The third kappa shape index (κ3) is 1.04. The second kappa shape index (κ2) is 3.45. The standard InChI is InChI=1S/C14H16BrNO5/c1-12-7-6(11(20)21-12)8(10(18)19)13(16(2)9(7)17)4-3-5-14(12,13)15/h6-8H,3-5H2,1-2H3,(H,18,19). The molecule has 2 saturated carbocycles. The van der Waals surface area contributed by atoms with E-state index < -0.39 is 45.2 Å². The van der Waals surface area contributed by atoms with Crippen molar-refractivity contribution in [3.8, 4) is 0 Å². The van der Waals surface area contributed by atoms with Crippen molar-refractivity contribution in [2.24, 2.45) is 17.8 Å². The second-order valence-corrected chi connectivity index (χ2v) is 8.18. The summed E-state index contributed by atoms with van der Waals surface area (Å²) in [6, 6.07) is 0. The van der Waals surface area contributed by atoms with Crippen molar-refractivity contribution in [1.29, 1.82) is 0 Å². The summed E-state index contributed by atoms with van der Waals surface area (Å²) in [6.45, 7) is 1.79. The molecule has 5 rings (SSSR count). The molecule has 6 nitrogen and oxygen atoms in total. The summed E-state index contributed by atoms with van der Waals surface area (Å²) in [7, 11) is 1.66. The molecule has 3 heterocycles. The van der Waals surface area contributed by atoms with Gasteiger partial charge in [0.15, 0.2) is 0 Å². The van der Waals surface area contributed by atoms with Gasteiger partial charge in [0.1, 0.15) is 5.60 Å². The molecule has 5 aliphatic rings.